The first-order chi connectivity index (χ1) is 8.49. The highest BCUT2D eigenvalue weighted by Crippen LogP contribution is 2.25. The van der Waals surface area contributed by atoms with Gasteiger partial charge in [-0.15, -0.1) is 0 Å². The summed E-state index contributed by atoms with van der Waals surface area (Å²) in [5.41, 5.74) is 1.93. The van der Waals surface area contributed by atoms with Crippen LogP contribution in [0.2, 0.25) is 5.02 Å². The standard InChI is InChI=1S/C13H12ClNO3/c1-7(16)6-18-13(17)12-8(2)10-5-9(14)3-4-11(10)15-12/h3-5,15H,6H2,1-2H3. The maximum absolute atomic E-state index is 11.8. The monoisotopic (exact) mass is 265 g/mol. The quantitative estimate of drug-likeness (QED) is 0.868. The molecule has 0 aliphatic carbocycles. The molecule has 0 spiro atoms. The number of esters is 1. The lowest BCUT2D eigenvalue weighted by Crippen LogP contribution is -2.12. The Hall–Kier alpha value is -1.81. The number of benzene rings is 1. The topological polar surface area (TPSA) is 59.2 Å². The molecule has 1 aromatic heterocycles. The number of aromatic amines is 1. The normalized spacial score (nSPS) is 10.6. The van der Waals surface area contributed by atoms with E-state index in [1.54, 1.807) is 25.1 Å². The number of Topliss-reactive ketones (excluding diaryl/α,β-unsaturated/α-hetero) is 1. The zero-order valence-electron chi connectivity index (χ0n) is 10.0. The molecule has 2 rings (SSSR count). The highest BCUT2D eigenvalue weighted by Gasteiger charge is 2.16. The molecule has 4 nitrogen and oxygen atoms in total. The van der Waals surface area contributed by atoms with Crippen molar-refractivity contribution in [1.82, 2.24) is 4.98 Å². The summed E-state index contributed by atoms with van der Waals surface area (Å²) < 4.78 is 4.88. The summed E-state index contributed by atoms with van der Waals surface area (Å²) in [6.07, 6.45) is 0. The van der Waals surface area contributed by atoms with E-state index in [0.717, 1.165) is 16.5 Å². The molecule has 0 radical (unpaired) electrons. The smallest absolute Gasteiger partial charge is 0.355 e. The van der Waals surface area contributed by atoms with Crippen LogP contribution in [0.5, 0.6) is 0 Å². The third-order valence-corrected chi connectivity index (χ3v) is 2.87. The van der Waals surface area contributed by atoms with Gasteiger partial charge < -0.3 is 9.72 Å². The van der Waals surface area contributed by atoms with E-state index >= 15 is 0 Å². The number of ether oxygens (including phenoxy) is 1. The number of rotatable bonds is 3. The van der Waals surface area contributed by atoms with Gasteiger partial charge in [-0.05, 0) is 37.6 Å². The third kappa shape index (κ3) is 2.38. The number of hydrogen-bond donors (Lipinski definition) is 1. The molecule has 2 aromatic rings. The molecule has 0 aliphatic heterocycles. The molecule has 0 saturated carbocycles. The molecular formula is C13H12ClNO3. The molecule has 1 aromatic carbocycles. The van der Waals surface area contributed by atoms with Crippen LogP contribution in [0.15, 0.2) is 18.2 Å². The fourth-order valence-electron chi connectivity index (χ4n) is 1.74. The molecule has 94 valence electrons. The largest absolute Gasteiger partial charge is 0.453 e. The van der Waals surface area contributed by atoms with Crippen LogP contribution in [0, 0.1) is 6.92 Å². The van der Waals surface area contributed by atoms with Gasteiger partial charge in [0.25, 0.3) is 0 Å². The Kier molecular flexibility index (Phi) is 3.39. The summed E-state index contributed by atoms with van der Waals surface area (Å²) >= 11 is 5.91. The van der Waals surface area contributed by atoms with Gasteiger partial charge in [-0.2, -0.15) is 0 Å². The Labute approximate surface area is 109 Å². The summed E-state index contributed by atoms with van der Waals surface area (Å²) in [6, 6.07) is 5.32. The zero-order valence-corrected chi connectivity index (χ0v) is 10.8. The van der Waals surface area contributed by atoms with Gasteiger partial charge in [0.15, 0.2) is 5.78 Å². The molecule has 0 atom stereocenters. The number of carbonyl (C=O) groups is 2. The van der Waals surface area contributed by atoms with Gasteiger partial charge in [-0.25, -0.2) is 4.79 Å². The minimum absolute atomic E-state index is 0.194. The molecule has 5 heteroatoms. The van der Waals surface area contributed by atoms with E-state index < -0.39 is 5.97 Å². The number of ketones is 1. The molecule has 0 aliphatic rings. The van der Waals surface area contributed by atoms with E-state index in [4.69, 9.17) is 16.3 Å². The van der Waals surface area contributed by atoms with E-state index in [2.05, 4.69) is 4.98 Å². The van der Waals surface area contributed by atoms with Gasteiger partial charge in [-0.3, -0.25) is 4.79 Å². The van der Waals surface area contributed by atoms with Crippen LogP contribution >= 0.6 is 11.6 Å². The molecule has 18 heavy (non-hydrogen) atoms. The summed E-state index contributed by atoms with van der Waals surface area (Å²) in [5, 5.41) is 1.48. The predicted octanol–water partition coefficient (Wildman–Crippen LogP) is 2.88. The summed E-state index contributed by atoms with van der Waals surface area (Å²) in [4.78, 5) is 25.5. The van der Waals surface area contributed by atoms with E-state index in [1.807, 2.05) is 0 Å². The van der Waals surface area contributed by atoms with Crippen molar-refractivity contribution in [2.45, 2.75) is 13.8 Å². The number of nitrogens with one attached hydrogen (secondary N) is 1. The first-order valence-electron chi connectivity index (χ1n) is 5.43. The van der Waals surface area contributed by atoms with Crippen molar-refractivity contribution >= 4 is 34.3 Å². The Bertz CT molecular complexity index is 630. The molecule has 0 unspecified atom stereocenters. The van der Waals surface area contributed by atoms with Gasteiger partial charge in [-0.1, -0.05) is 11.6 Å². The predicted molar refractivity (Wildman–Crippen MR) is 69.0 cm³/mol. The number of aryl methyl sites for hydroxylation is 1. The minimum Gasteiger partial charge on any atom is -0.453 e. The molecule has 0 bridgehead atoms. The lowest BCUT2D eigenvalue weighted by Gasteiger charge is -2.01. The van der Waals surface area contributed by atoms with Gasteiger partial charge in [0, 0.05) is 15.9 Å². The van der Waals surface area contributed by atoms with E-state index in [-0.39, 0.29) is 12.4 Å². The van der Waals surface area contributed by atoms with Crippen molar-refractivity contribution in [3.8, 4) is 0 Å². The Balaban J connectivity index is 2.36. The SMILES string of the molecule is CC(=O)COC(=O)c1[nH]c2ccc(Cl)cc2c1C. The second-order valence-electron chi connectivity index (χ2n) is 4.09. The zero-order chi connectivity index (χ0) is 13.3. The van der Waals surface area contributed by atoms with Crippen LogP contribution in [-0.2, 0) is 9.53 Å². The Morgan fingerprint density at radius 3 is 2.78 bits per heavy atom. The van der Waals surface area contributed by atoms with Crippen LogP contribution in [0.1, 0.15) is 23.0 Å². The first-order valence-corrected chi connectivity index (χ1v) is 5.81. The number of fused-ring (bicyclic) bond motifs is 1. The second kappa shape index (κ2) is 4.82. The average molecular weight is 266 g/mol. The molecule has 0 saturated heterocycles. The van der Waals surface area contributed by atoms with Crippen molar-refractivity contribution in [2.24, 2.45) is 0 Å². The molecular weight excluding hydrogens is 254 g/mol. The number of halogens is 1. The number of hydrogen-bond acceptors (Lipinski definition) is 3. The number of aromatic nitrogens is 1. The second-order valence-corrected chi connectivity index (χ2v) is 4.53. The van der Waals surface area contributed by atoms with Crippen molar-refractivity contribution < 1.29 is 14.3 Å². The van der Waals surface area contributed by atoms with E-state index in [1.165, 1.54) is 6.92 Å². The highest BCUT2D eigenvalue weighted by molar-refractivity contribution is 6.31. The van der Waals surface area contributed by atoms with Crippen LogP contribution in [0.25, 0.3) is 10.9 Å². The molecule has 1 heterocycles. The summed E-state index contributed by atoms with van der Waals surface area (Å²) in [7, 11) is 0. The van der Waals surface area contributed by atoms with Crippen molar-refractivity contribution in [3.63, 3.8) is 0 Å². The van der Waals surface area contributed by atoms with E-state index in [0.29, 0.717) is 10.7 Å². The Morgan fingerprint density at radius 1 is 1.39 bits per heavy atom. The lowest BCUT2D eigenvalue weighted by atomic mass is 10.1. The van der Waals surface area contributed by atoms with Gasteiger partial charge >= 0.3 is 5.97 Å². The fourth-order valence-corrected chi connectivity index (χ4v) is 1.91. The van der Waals surface area contributed by atoms with E-state index in [9.17, 15) is 9.59 Å². The number of carbonyl (C=O) groups excluding carboxylic acids is 2. The molecule has 0 fully saturated rings. The van der Waals surface area contributed by atoms with Crippen LogP contribution in [0.3, 0.4) is 0 Å². The highest BCUT2D eigenvalue weighted by atomic mass is 35.5. The Morgan fingerprint density at radius 2 is 2.11 bits per heavy atom. The summed E-state index contributed by atoms with van der Waals surface area (Å²) in [5.74, 6) is -0.727. The van der Waals surface area contributed by atoms with Gasteiger partial charge in [0.1, 0.15) is 12.3 Å². The number of H-pyrrole nitrogens is 1. The molecule has 0 amide bonds. The van der Waals surface area contributed by atoms with Crippen LogP contribution in [-0.4, -0.2) is 23.3 Å². The first kappa shape index (κ1) is 12.6. The average Bonchev–Trinajstić information content (AvgIpc) is 2.64. The molecule has 1 N–H and O–H groups in total. The van der Waals surface area contributed by atoms with Crippen molar-refractivity contribution in [1.29, 1.82) is 0 Å². The lowest BCUT2D eigenvalue weighted by molar-refractivity contribution is -0.120. The third-order valence-electron chi connectivity index (χ3n) is 2.63. The minimum atomic E-state index is -0.532. The van der Waals surface area contributed by atoms with Gasteiger partial charge in [0.2, 0.25) is 0 Å². The fraction of sp³-hybridized carbons (Fsp3) is 0.231. The van der Waals surface area contributed by atoms with Crippen LogP contribution in [0.4, 0.5) is 0 Å². The summed E-state index contributed by atoms with van der Waals surface area (Å²) in [6.45, 7) is 2.96. The van der Waals surface area contributed by atoms with Gasteiger partial charge in [0.05, 0.1) is 0 Å². The maximum atomic E-state index is 11.8. The van der Waals surface area contributed by atoms with Crippen molar-refractivity contribution in [2.75, 3.05) is 6.61 Å². The maximum Gasteiger partial charge on any atom is 0.355 e. The van der Waals surface area contributed by atoms with Crippen LogP contribution < -0.4 is 0 Å². The van der Waals surface area contributed by atoms with Crippen molar-refractivity contribution in [3.05, 3.63) is 34.5 Å².